The van der Waals surface area contributed by atoms with Crippen LogP contribution in [-0.2, 0) is 11.2 Å². The van der Waals surface area contributed by atoms with Gasteiger partial charge in [-0.15, -0.1) is 0 Å². The Morgan fingerprint density at radius 1 is 1.07 bits per heavy atom. The van der Waals surface area contributed by atoms with Gasteiger partial charge in [0.1, 0.15) is 11.2 Å². The van der Waals surface area contributed by atoms with Crippen molar-refractivity contribution in [3.05, 3.63) is 70.4 Å². The molecule has 0 spiro atoms. The molecular weight excluding hydrogens is 546 g/mol. The summed E-state index contributed by atoms with van der Waals surface area (Å²) in [6.07, 6.45) is 8.24. The van der Waals surface area contributed by atoms with Gasteiger partial charge in [0.2, 0.25) is 0 Å². The van der Waals surface area contributed by atoms with E-state index < -0.39 is 0 Å². The maximum atomic E-state index is 11.5. The maximum absolute atomic E-state index is 11.5. The average molecular weight is 600 g/mol. The lowest BCUT2D eigenvalue weighted by molar-refractivity contribution is 0.0289. The van der Waals surface area contributed by atoms with Crippen molar-refractivity contribution in [3.63, 3.8) is 0 Å². The zero-order chi connectivity index (χ0) is 31.7. The summed E-state index contributed by atoms with van der Waals surface area (Å²) in [5.74, 6) is 1.97. The highest BCUT2D eigenvalue weighted by Crippen LogP contribution is 2.20. The summed E-state index contributed by atoms with van der Waals surface area (Å²) in [4.78, 5) is 23.7. The van der Waals surface area contributed by atoms with Crippen molar-refractivity contribution < 1.29 is 18.7 Å². The highest BCUT2D eigenvalue weighted by Gasteiger charge is 2.27. The van der Waals surface area contributed by atoms with Gasteiger partial charge in [0.15, 0.2) is 12.0 Å². The second-order valence-corrected chi connectivity index (χ2v) is 12.7. The first-order valence-electron chi connectivity index (χ1n) is 15.5. The van der Waals surface area contributed by atoms with Crippen molar-refractivity contribution in [2.45, 2.75) is 106 Å². The first-order chi connectivity index (χ1) is 19.8. The Kier molecular flexibility index (Phi) is 17.2. The van der Waals surface area contributed by atoms with E-state index in [9.17, 15) is 9.59 Å². The number of halogens is 1. The predicted molar refractivity (Wildman–Crippen MR) is 178 cm³/mol. The van der Waals surface area contributed by atoms with Crippen LogP contribution < -0.4 is 0 Å². The number of hydrogen-bond donors (Lipinski definition) is 0. The molecule has 1 aliphatic heterocycles. The molecule has 1 amide bonds. The summed E-state index contributed by atoms with van der Waals surface area (Å²) in [5, 5.41) is 1.80. The van der Waals surface area contributed by atoms with Gasteiger partial charge in [-0.1, -0.05) is 95.7 Å². The van der Waals surface area contributed by atoms with Gasteiger partial charge < -0.3 is 14.1 Å². The van der Waals surface area contributed by atoms with Gasteiger partial charge in [-0.3, -0.25) is 4.79 Å². The van der Waals surface area contributed by atoms with Crippen LogP contribution in [-0.4, -0.2) is 36.0 Å². The summed E-state index contributed by atoms with van der Waals surface area (Å²) >= 11 is 5.67. The maximum Gasteiger partial charge on any atom is 0.410 e. The molecule has 1 saturated heterocycles. The Labute approximate surface area is 260 Å². The Bertz CT molecular complexity index is 1170. The molecule has 3 aromatic rings. The minimum Gasteiger partial charge on any atom is -0.453 e. The number of ether oxygens (including phenoxy) is 1. The van der Waals surface area contributed by atoms with Crippen molar-refractivity contribution >= 4 is 34.9 Å². The first-order valence-corrected chi connectivity index (χ1v) is 15.9. The number of furan rings is 1. The molecule has 2 heterocycles. The normalized spacial score (nSPS) is 14.3. The number of likely N-dealkylation sites (tertiary alicyclic amines) is 1. The first kappa shape index (κ1) is 37.2. The molecule has 6 heteroatoms. The topological polar surface area (TPSA) is 59.8 Å². The Hall–Kier alpha value is -2.79. The second-order valence-electron chi connectivity index (χ2n) is 12.3. The van der Waals surface area contributed by atoms with E-state index in [0.29, 0.717) is 11.7 Å². The molecule has 234 valence electrons. The van der Waals surface area contributed by atoms with Crippen LogP contribution in [0.2, 0.25) is 5.02 Å². The van der Waals surface area contributed by atoms with Gasteiger partial charge in [-0.05, 0) is 88.3 Å². The van der Waals surface area contributed by atoms with E-state index in [2.05, 4.69) is 34.6 Å². The van der Waals surface area contributed by atoms with Gasteiger partial charge in [-0.25, -0.2) is 4.79 Å². The number of benzene rings is 2. The quantitative estimate of drug-likeness (QED) is 0.264. The number of amides is 1. The molecular formula is C36H54ClNO4. The SMILES string of the molecule is CC1CCN(C(=O)OC(C)(C)C)C1.CCCC(C)CCC.CCc1ccc(Cl)cc1.Cc1ccc2oc(C=O)cc2c1. The molecule has 0 saturated carbocycles. The van der Waals surface area contributed by atoms with Crippen molar-refractivity contribution in [1.82, 2.24) is 4.90 Å². The number of hydrogen-bond acceptors (Lipinski definition) is 4. The minimum atomic E-state index is -0.372. The minimum absolute atomic E-state index is 0.170. The average Bonchev–Trinajstić information content (AvgIpc) is 3.55. The number of rotatable bonds is 6. The van der Waals surface area contributed by atoms with Crippen molar-refractivity contribution in [2.24, 2.45) is 11.8 Å². The number of nitrogens with zero attached hydrogens (tertiary/aromatic N) is 1. The largest absolute Gasteiger partial charge is 0.453 e. The zero-order valence-electron chi connectivity index (χ0n) is 27.5. The van der Waals surface area contributed by atoms with Crippen LogP contribution in [0.1, 0.15) is 109 Å². The third-order valence-electron chi connectivity index (χ3n) is 6.77. The van der Waals surface area contributed by atoms with Crippen molar-refractivity contribution in [3.8, 4) is 0 Å². The van der Waals surface area contributed by atoms with Crippen LogP contribution in [0.5, 0.6) is 0 Å². The Morgan fingerprint density at radius 2 is 1.69 bits per heavy atom. The number of aldehydes is 1. The van der Waals surface area contributed by atoms with Gasteiger partial charge in [0, 0.05) is 23.5 Å². The molecule has 0 N–H and O–H groups in total. The van der Waals surface area contributed by atoms with Gasteiger partial charge in [0.25, 0.3) is 0 Å². The summed E-state index contributed by atoms with van der Waals surface area (Å²) in [5.41, 5.74) is 2.89. The van der Waals surface area contributed by atoms with E-state index in [1.54, 1.807) is 11.0 Å². The number of carbonyl (C=O) groups excluding carboxylic acids is 2. The van der Waals surface area contributed by atoms with E-state index >= 15 is 0 Å². The Balaban J connectivity index is 0.000000286. The molecule has 0 bridgehead atoms. The molecule has 1 aromatic heterocycles. The summed E-state index contributed by atoms with van der Waals surface area (Å²) < 4.78 is 10.5. The third-order valence-corrected chi connectivity index (χ3v) is 7.02. The third kappa shape index (κ3) is 15.4. The van der Waals surface area contributed by atoms with Crippen LogP contribution in [0.4, 0.5) is 4.79 Å². The van der Waals surface area contributed by atoms with Crippen LogP contribution in [0.25, 0.3) is 11.0 Å². The van der Waals surface area contributed by atoms with E-state index in [4.69, 9.17) is 20.8 Å². The standard InChI is InChI=1S/C10H19NO2.C10H8O2.C8H9Cl.C8H18/c1-8-5-6-11(7-8)9(12)13-10(2,3)4;1-7-2-3-10-8(4-7)5-9(6-11)12-10;1-2-7-3-5-8(9)6-4-7;1-4-6-8(3)7-5-2/h8H,5-7H2,1-4H3;2-6H,1H3;3-6H,2H2,1H3;8H,4-7H2,1-3H3. The van der Waals surface area contributed by atoms with Crippen molar-refractivity contribution in [1.29, 1.82) is 0 Å². The lowest BCUT2D eigenvalue weighted by atomic mass is 10.0. The van der Waals surface area contributed by atoms with Crippen LogP contribution in [0, 0.1) is 18.8 Å². The fourth-order valence-corrected chi connectivity index (χ4v) is 4.64. The van der Waals surface area contributed by atoms with E-state index in [1.165, 1.54) is 36.8 Å². The van der Waals surface area contributed by atoms with Gasteiger partial charge in [-0.2, -0.15) is 0 Å². The summed E-state index contributed by atoms with van der Waals surface area (Å²) in [7, 11) is 0. The molecule has 0 radical (unpaired) electrons. The lowest BCUT2D eigenvalue weighted by Gasteiger charge is -2.24. The number of carbonyl (C=O) groups is 2. The molecule has 1 aliphatic rings. The van der Waals surface area contributed by atoms with E-state index in [-0.39, 0.29) is 11.7 Å². The predicted octanol–water partition coefficient (Wildman–Crippen LogP) is 10.9. The monoisotopic (exact) mass is 599 g/mol. The van der Waals surface area contributed by atoms with E-state index in [1.807, 2.05) is 70.2 Å². The second kappa shape index (κ2) is 19.4. The van der Waals surface area contributed by atoms with Gasteiger partial charge >= 0.3 is 6.09 Å². The van der Waals surface area contributed by atoms with E-state index in [0.717, 1.165) is 54.1 Å². The fourth-order valence-electron chi connectivity index (χ4n) is 4.52. The number of aryl methyl sites for hydroxylation is 2. The highest BCUT2D eigenvalue weighted by molar-refractivity contribution is 6.30. The van der Waals surface area contributed by atoms with Crippen molar-refractivity contribution in [2.75, 3.05) is 13.1 Å². The summed E-state index contributed by atoms with van der Waals surface area (Å²) in [6, 6.07) is 15.5. The molecule has 1 unspecified atom stereocenters. The molecule has 2 aromatic carbocycles. The van der Waals surface area contributed by atoms with Crippen LogP contribution in [0.3, 0.4) is 0 Å². The molecule has 42 heavy (non-hydrogen) atoms. The smallest absolute Gasteiger partial charge is 0.410 e. The molecule has 0 aliphatic carbocycles. The van der Waals surface area contributed by atoms with Crippen LogP contribution >= 0.6 is 11.6 Å². The molecule has 1 atom stereocenters. The molecule has 1 fully saturated rings. The molecule has 4 rings (SSSR count). The molecule has 5 nitrogen and oxygen atoms in total. The number of fused-ring (bicyclic) bond motifs is 1. The highest BCUT2D eigenvalue weighted by atomic mass is 35.5. The van der Waals surface area contributed by atoms with Crippen LogP contribution in [0.15, 0.2) is 52.9 Å². The Morgan fingerprint density at radius 3 is 2.17 bits per heavy atom. The zero-order valence-corrected chi connectivity index (χ0v) is 28.2. The fraction of sp³-hybridized carbons (Fsp3) is 0.556. The lowest BCUT2D eigenvalue weighted by Crippen LogP contribution is -2.35. The summed E-state index contributed by atoms with van der Waals surface area (Å²) in [6.45, 7) is 20.5. The van der Waals surface area contributed by atoms with Gasteiger partial charge in [0.05, 0.1) is 0 Å².